The summed E-state index contributed by atoms with van der Waals surface area (Å²) in [5.41, 5.74) is 12.9. The number of benzene rings is 6. The Balaban J connectivity index is 0.00000642. The monoisotopic (exact) mass is 1090 g/mol. The zero-order valence-corrected chi connectivity index (χ0v) is 45.2. The van der Waals surface area contributed by atoms with E-state index >= 15 is 0 Å². The first-order valence-corrected chi connectivity index (χ1v) is 24.1. The van der Waals surface area contributed by atoms with Gasteiger partial charge in [-0.2, -0.15) is 6.07 Å². The van der Waals surface area contributed by atoms with E-state index in [0.29, 0.717) is 11.5 Å². The Kier molecular flexibility index (Phi) is 13.0. The molecule has 8 aromatic rings. The van der Waals surface area contributed by atoms with Crippen molar-refractivity contribution in [2.75, 3.05) is 9.80 Å². The normalized spacial score (nSPS) is 13.9. The summed E-state index contributed by atoms with van der Waals surface area (Å²) in [6.07, 6.45) is 1.92. The predicted octanol–water partition coefficient (Wildman–Crippen LogP) is 16.9. The van der Waals surface area contributed by atoms with Crippen molar-refractivity contribution in [1.29, 1.82) is 0 Å². The van der Waals surface area contributed by atoms with Gasteiger partial charge in [0.1, 0.15) is 5.82 Å². The molecule has 6 aromatic carbocycles. The Morgan fingerprint density at radius 3 is 1.75 bits per heavy atom. The quantitative estimate of drug-likeness (QED) is 0.142. The first kappa shape index (κ1) is 49.5. The van der Waals surface area contributed by atoms with Crippen molar-refractivity contribution in [1.82, 2.24) is 9.55 Å². The van der Waals surface area contributed by atoms with Gasteiger partial charge in [0.15, 0.2) is 0 Å². The molecule has 3 heterocycles. The van der Waals surface area contributed by atoms with Crippen LogP contribution in [0.25, 0.3) is 38.8 Å². The van der Waals surface area contributed by atoms with Gasteiger partial charge in [-0.05, 0) is 74.4 Å². The Bertz CT molecular complexity index is 3190. The van der Waals surface area contributed by atoms with Crippen molar-refractivity contribution in [3.8, 4) is 28.4 Å². The minimum atomic E-state index is -0.246. The van der Waals surface area contributed by atoms with E-state index in [4.69, 9.17) is 9.72 Å². The van der Waals surface area contributed by atoms with E-state index in [1.54, 1.807) is 0 Å². The summed E-state index contributed by atoms with van der Waals surface area (Å²) < 4.78 is 9.24. The predicted molar refractivity (Wildman–Crippen MR) is 286 cm³/mol. The van der Waals surface area contributed by atoms with Crippen LogP contribution in [0.3, 0.4) is 0 Å². The first-order valence-electron chi connectivity index (χ1n) is 24.1. The van der Waals surface area contributed by atoms with Gasteiger partial charge in [-0.1, -0.05) is 187 Å². The molecule has 0 unspecified atom stereocenters. The third-order valence-electron chi connectivity index (χ3n) is 13.5. The van der Waals surface area contributed by atoms with Gasteiger partial charge in [-0.3, -0.25) is 0 Å². The van der Waals surface area contributed by atoms with E-state index in [0.717, 1.165) is 50.1 Å². The molecule has 0 saturated heterocycles. The topological polar surface area (TPSA) is 33.5 Å². The second-order valence-corrected chi connectivity index (χ2v) is 23.2. The Hall–Kier alpha value is -5.90. The SMILES string of the molecule is CC(C)(C)C1=C(C(C)(C)C)N(c2cccc(C(C)(C)c3ccccc3)c2)[CH-]N1c1[c-]c(Oc2[c-]c3c(cc2)c2cc(C(C)(C)C)ccc2n3-c2cc(C(C)(C)C)ccn2)cc(-c2ccccc2)c1.[Pt]. The maximum Gasteiger partial charge on any atom is 0.135 e. The molecule has 0 bridgehead atoms. The summed E-state index contributed by atoms with van der Waals surface area (Å²) in [4.78, 5) is 9.72. The van der Waals surface area contributed by atoms with Crippen molar-refractivity contribution in [3.05, 3.63) is 198 Å². The zero-order chi connectivity index (χ0) is 48.6. The Morgan fingerprint density at radius 1 is 0.478 bits per heavy atom. The summed E-state index contributed by atoms with van der Waals surface area (Å²) in [6.45, 7) is 34.3. The van der Waals surface area contributed by atoms with Crippen LogP contribution in [0.4, 0.5) is 11.4 Å². The van der Waals surface area contributed by atoms with Crippen LogP contribution in [0.1, 0.15) is 119 Å². The fourth-order valence-electron chi connectivity index (χ4n) is 9.66. The molecular formula is C63H67N4OPt-3. The van der Waals surface area contributed by atoms with Crippen molar-refractivity contribution in [2.24, 2.45) is 10.8 Å². The molecule has 2 aromatic heterocycles. The van der Waals surface area contributed by atoms with Gasteiger partial charge in [-0.25, -0.2) is 4.98 Å². The Labute approximate surface area is 426 Å². The molecule has 5 nitrogen and oxygen atoms in total. The number of rotatable bonds is 8. The zero-order valence-electron chi connectivity index (χ0n) is 42.9. The number of anilines is 2. The van der Waals surface area contributed by atoms with Gasteiger partial charge in [0, 0.05) is 77.6 Å². The van der Waals surface area contributed by atoms with E-state index in [1.807, 2.05) is 12.3 Å². The third-order valence-corrected chi connectivity index (χ3v) is 13.5. The fourth-order valence-corrected chi connectivity index (χ4v) is 9.66. The number of pyridine rings is 1. The van der Waals surface area contributed by atoms with Crippen molar-refractivity contribution >= 4 is 33.2 Å². The van der Waals surface area contributed by atoms with Crippen molar-refractivity contribution in [3.63, 3.8) is 0 Å². The van der Waals surface area contributed by atoms with Crippen LogP contribution in [-0.4, -0.2) is 9.55 Å². The molecule has 0 fully saturated rings. The molecule has 0 amide bonds. The molecule has 69 heavy (non-hydrogen) atoms. The van der Waals surface area contributed by atoms with E-state index in [9.17, 15) is 0 Å². The summed E-state index contributed by atoms with van der Waals surface area (Å²) in [5.74, 6) is 2.06. The number of hydrogen-bond acceptors (Lipinski definition) is 4. The molecule has 0 atom stereocenters. The van der Waals surface area contributed by atoms with Crippen LogP contribution < -0.4 is 14.5 Å². The molecule has 1 aliphatic heterocycles. The third kappa shape index (κ3) is 9.70. The summed E-state index contributed by atoms with van der Waals surface area (Å²) in [6, 6.07) is 57.7. The Morgan fingerprint density at radius 2 is 1.10 bits per heavy atom. The van der Waals surface area contributed by atoms with Crippen molar-refractivity contribution in [2.45, 2.75) is 113 Å². The van der Waals surface area contributed by atoms with Crippen LogP contribution in [0.15, 0.2) is 157 Å². The molecule has 6 heteroatoms. The van der Waals surface area contributed by atoms with Gasteiger partial charge >= 0.3 is 0 Å². The number of hydrogen-bond donors (Lipinski definition) is 0. The van der Waals surface area contributed by atoms with Gasteiger partial charge in [0.2, 0.25) is 0 Å². The van der Waals surface area contributed by atoms with Crippen molar-refractivity contribution < 1.29 is 25.8 Å². The minimum Gasteiger partial charge on any atom is -0.509 e. The van der Waals surface area contributed by atoms with E-state index in [1.165, 1.54) is 33.6 Å². The van der Waals surface area contributed by atoms with Crippen LogP contribution >= 0.6 is 0 Å². The molecular weight excluding hydrogens is 1020 g/mol. The number of fused-ring (bicyclic) bond motifs is 3. The first-order chi connectivity index (χ1) is 32.0. The maximum atomic E-state index is 7.00. The molecule has 0 aliphatic carbocycles. The summed E-state index contributed by atoms with van der Waals surface area (Å²) >= 11 is 0. The minimum absolute atomic E-state index is 0. The van der Waals surface area contributed by atoms with E-state index in [-0.39, 0.29) is 48.1 Å². The summed E-state index contributed by atoms with van der Waals surface area (Å²) in [5, 5.41) is 2.26. The number of allylic oxidation sites excluding steroid dienone is 2. The van der Waals surface area contributed by atoms with Gasteiger partial charge in [-0.15, -0.1) is 53.6 Å². The number of nitrogens with zero attached hydrogens (tertiary/aromatic N) is 4. The molecule has 0 N–H and O–H groups in total. The smallest absolute Gasteiger partial charge is 0.135 e. The molecule has 9 rings (SSSR count). The molecule has 0 radical (unpaired) electrons. The second kappa shape index (κ2) is 18.1. The van der Waals surface area contributed by atoms with Crippen LogP contribution in [-0.2, 0) is 37.3 Å². The number of ether oxygens (including phenoxy) is 1. The average Bonchev–Trinajstić information content (AvgIpc) is 3.87. The van der Waals surface area contributed by atoms with Gasteiger partial charge in [0.05, 0.1) is 0 Å². The molecule has 1 aliphatic rings. The molecule has 0 saturated carbocycles. The van der Waals surface area contributed by atoms with Gasteiger partial charge < -0.3 is 19.1 Å². The fraction of sp³-hybridized carbons (Fsp3) is 0.302. The van der Waals surface area contributed by atoms with Gasteiger partial charge in [0.25, 0.3) is 0 Å². The molecule has 0 spiro atoms. The van der Waals surface area contributed by atoms with Crippen LogP contribution in [0.2, 0.25) is 0 Å². The van der Waals surface area contributed by atoms with E-state index in [2.05, 4.69) is 264 Å². The second-order valence-electron chi connectivity index (χ2n) is 23.2. The maximum absolute atomic E-state index is 7.00. The van der Waals surface area contributed by atoms with Crippen LogP contribution in [0, 0.1) is 29.6 Å². The largest absolute Gasteiger partial charge is 0.509 e. The van der Waals surface area contributed by atoms with Crippen LogP contribution in [0.5, 0.6) is 11.5 Å². The molecule has 358 valence electrons. The summed E-state index contributed by atoms with van der Waals surface area (Å²) in [7, 11) is 0. The standard InChI is InChI=1S/C63H67N4O.Pt/c1-59(2,3)45-28-31-54-53(37-45)52-30-29-50(40-55(52)67(54)56-38-46(32-33-64-56)60(4,5)6)68-51-35-43(42-22-17-15-18-23-42)34-49(39-51)66-41-65(57(61(7,8)9)58(66)62(10,11)12)48-27-21-26-47(36-48)63(13,14)44-24-19-16-20-25-44;/h15-38,41H,1-14H3;/q-3;. The van der Waals surface area contributed by atoms with E-state index < -0.39 is 0 Å². The number of aromatic nitrogens is 2. The average molecular weight is 1090 g/mol.